The lowest BCUT2D eigenvalue weighted by molar-refractivity contribution is -0.142. The van der Waals surface area contributed by atoms with Crippen LogP contribution in [0.4, 0.5) is 0 Å². The monoisotopic (exact) mass is 430 g/mol. The summed E-state index contributed by atoms with van der Waals surface area (Å²) in [5.74, 6) is -1.96. The van der Waals surface area contributed by atoms with Crippen LogP contribution < -0.4 is 10.6 Å². The Morgan fingerprint density at radius 1 is 0.625 bits per heavy atom. The van der Waals surface area contributed by atoms with E-state index in [1.54, 1.807) is 0 Å². The van der Waals surface area contributed by atoms with E-state index in [1.165, 1.54) is 0 Å². The van der Waals surface area contributed by atoms with Crippen molar-refractivity contribution in [3.05, 3.63) is 108 Å². The normalized spacial score (nSPS) is 12.4. The van der Waals surface area contributed by atoms with E-state index in [0.717, 1.165) is 16.7 Å². The van der Waals surface area contributed by atoms with Gasteiger partial charge in [0.2, 0.25) is 11.8 Å². The van der Waals surface area contributed by atoms with Crippen LogP contribution >= 0.6 is 0 Å². The number of carbonyl (C=O) groups excluding carboxylic acids is 2. The number of amides is 2. The average molecular weight is 431 g/mol. The van der Waals surface area contributed by atoms with Gasteiger partial charge in [0.15, 0.2) is 0 Å². The van der Waals surface area contributed by atoms with Gasteiger partial charge in [0.1, 0.15) is 12.1 Å². The van der Waals surface area contributed by atoms with Crippen LogP contribution in [0, 0.1) is 0 Å². The summed E-state index contributed by atoms with van der Waals surface area (Å²) in [4.78, 5) is 37.5. The smallest absolute Gasteiger partial charge is 0.326 e. The Morgan fingerprint density at radius 3 is 1.53 bits per heavy atom. The number of benzene rings is 3. The zero-order valence-corrected chi connectivity index (χ0v) is 17.6. The lowest BCUT2D eigenvalue weighted by Crippen LogP contribution is -2.53. The third kappa shape index (κ3) is 7.09. The predicted octanol–water partition coefficient (Wildman–Crippen LogP) is 2.77. The van der Waals surface area contributed by atoms with Crippen LogP contribution in [0.3, 0.4) is 0 Å². The molecule has 0 unspecified atom stereocenters. The molecule has 3 rings (SSSR count). The summed E-state index contributed by atoms with van der Waals surface area (Å²) in [6, 6.07) is 25.6. The molecule has 2 atom stereocenters. The molecular weight excluding hydrogens is 404 g/mol. The summed E-state index contributed by atoms with van der Waals surface area (Å²) in [5, 5.41) is 15.0. The maximum Gasteiger partial charge on any atom is 0.326 e. The predicted molar refractivity (Wildman–Crippen MR) is 122 cm³/mol. The van der Waals surface area contributed by atoms with Crippen molar-refractivity contribution in [3.8, 4) is 0 Å². The van der Waals surface area contributed by atoms with E-state index in [9.17, 15) is 19.5 Å². The molecule has 3 aromatic carbocycles. The van der Waals surface area contributed by atoms with Gasteiger partial charge in [-0.15, -0.1) is 0 Å². The van der Waals surface area contributed by atoms with Gasteiger partial charge in [-0.2, -0.15) is 0 Å². The van der Waals surface area contributed by atoms with E-state index in [-0.39, 0.29) is 25.2 Å². The molecule has 0 radical (unpaired) electrons. The zero-order chi connectivity index (χ0) is 22.8. The molecular formula is C26H26N2O4. The summed E-state index contributed by atoms with van der Waals surface area (Å²) in [7, 11) is 0. The van der Waals surface area contributed by atoms with Gasteiger partial charge >= 0.3 is 5.97 Å². The number of carboxylic acids is 1. The third-order valence-corrected chi connectivity index (χ3v) is 5.04. The highest BCUT2D eigenvalue weighted by Crippen LogP contribution is 2.08. The van der Waals surface area contributed by atoms with Crippen molar-refractivity contribution in [1.82, 2.24) is 10.6 Å². The average Bonchev–Trinajstić information content (AvgIpc) is 2.80. The van der Waals surface area contributed by atoms with Gasteiger partial charge in [-0.3, -0.25) is 9.59 Å². The zero-order valence-electron chi connectivity index (χ0n) is 17.6. The minimum atomic E-state index is -1.13. The van der Waals surface area contributed by atoms with Crippen LogP contribution in [0.2, 0.25) is 0 Å². The Labute approximate surface area is 187 Å². The van der Waals surface area contributed by atoms with E-state index in [4.69, 9.17) is 0 Å². The molecule has 2 amide bonds. The Balaban J connectivity index is 1.72. The number of carbonyl (C=O) groups is 3. The molecule has 0 aliphatic heterocycles. The molecule has 0 saturated heterocycles. The van der Waals surface area contributed by atoms with E-state index in [2.05, 4.69) is 10.6 Å². The van der Waals surface area contributed by atoms with Gasteiger partial charge in [0.25, 0.3) is 0 Å². The van der Waals surface area contributed by atoms with Gasteiger partial charge in [-0.05, 0) is 16.7 Å². The second-order valence-electron chi connectivity index (χ2n) is 7.56. The van der Waals surface area contributed by atoms with Crippen LogP contribution in [-0.4, -0.2) is 35.0 Å². The fraction of sp³-hybridized carbons (Fsp3) is 0.192. The second kappa shape index (κ2) is 11.5. The largest absolute Gasteiger partial charge is 0.480 e. The minimum absolute atomic E-state index is 0.131. The molecule has 32 heavy (non-hydrogen) atoms. The maximum absolute atomic E-state index is 13.1. The Bertz CT molecular complexity index is 1020. The molecule has 0 aliphatic rings. The fourth-order valence-electron chi connectivity index (χ4n) is 3.41. The number of hydrogen-bond donors (Lipinski definition) is 3. The van der Waals surface area contributed by atoms with E-state index >= 15 is 0 Å². The number of hydrogen-bond acceptors (Lipinski definition) is 3. The van der Waals surface area contributed by atoms with Crippen LogP contribution in [0.15, 0.2) is 91.0 Å². The maximum atomic E-state index is 13.1. The van der Waals surface area contributed by atoms with Crippen molar-refractivity contribution >= 4 is 17.8 Å². The first-order chi connectivity index (χ1) is 15.5. The summed E-state index contributed by atoms with van der Waals surface area (Å²) >= 11 is 0. The molecule has 3 aromatic rings. The Hall–Kier alpha value is -3.93. The van der Waals surface area contributed by atoms with Crippen molar-refractivity contribution in [2.24, 2.45) is 0 Å². The fourth-order valence-corrected chi connectivity index (χ4v) is 3.41. The number of rotatable bonds is 10. The van der Waals surface area contributed by atoms with Crippen LogP contribution in [-0.2, 0) is 33.6 Å². The van der Waals surface area contributed by atoms with Crippen molar-refractivity contribution < 1.29 is 19.5 Å². The van der Waals surface area contributed by atoms with Crippen molar-refractivity contribution in [1.29, 1.82) is 0 Å². The van der Waals surface area contributed by atoms with Gasteiger partial charge < -0.3 is 15.7 Å². The summed E-state index contributed by atoms with van der Waals surface area (Å²) < 4.78 is 0. The van der Waals surface area contributed by atoms with Crippen LogP contribution in [0.1, 0.15) is 16.7 Å². The minimum Gasteiger partial charge on any atom is -0.480 e. The first-order valence-corrected chi connectivity index (χ1v) is 10.5. The summed E-state index contributed by atoms with van der Waals surface area (Å²) in [5.41, 5.74) is 2.49. The van der Waals surface area contributed by atoms with Crippen LogP contribution in [0.5, 0.6) is 0 Å². The van der Waals surface area contributed by atoms with Gasteiger partial charge in [0, 0.05) is 12.8 Å². The quantitative estimate of drug-likeness (QED) is 0.461. The first-order valence-electron chi connectivity index (χ1n) is 10.5. The summed E-state index contributed by atoms with van der Waals surface area (Å²) in [6.45, 7) is 0. The standard InChI is InChI=1S/C26H26N2O4/c29-24(18-21-14-8-3-9-15-21)27-22(16-19-10-4-1-5-11-19)25(30)28-23(26(31)32)17-20-12-6-2-7-13-20/h1-15,22-23H,16-18H2,(H,27,29)(H,28,30)(H,31,32)/t22-,23-/m0/s1. The summed E-state index contributed by atoms with van der Waals surface area (Å²) in [6.07, 6.45) is 0.536. The second-order valence-corrected chi connectivity index (χ2v) is 7.56. The van der Waals surface area contributed by atoms with Gasteiger partial charge in [0.05, 0.1) is 6.42 Å². The van der Waals surface area contributed by atoms with E-state index in [1.807, 2.05) is 91.0 Å². The highest BCUT2D eigenvalue weighted by atomic mass is 16.4. The SMILES string of the molecule is O=C(Cc1ccccc1)N[C@@H](Cc1ccccc1)C(=O)N[C@@H](Cc1ccccc1)C(=O)O. The molecule has 0 fully saturated rings. The van der Waals surface area contributed by atoms with E-state index < -0.39 is 24.0 Å². The molecule has 6 heteroatoms. The van der Waals surface area contributed by atoms with Gasteiger partial charge in [-0.25, -0.2) is 4.79 Å². The number of aliphatic carboxylic acids is 1. The van der Waals surface area contributed by atoms with Crippen molar-refractivity contribution in [2.75, 3.05) is 0 Å². The Kier molecular flexibility index (Phi) is 8.15. The van der Waals surface area contributed by atoms with Crippen molar-refractivity contribution in [2.45, 2.75) is 31.3 Å². The molecule has 0 heterocycles. The molecule has 3 N–H and O–H groups in total. The molecule has 6 nitrogen and oxygen atoms in total. The highest BCUT2D eigenvalue weighted by molar-refractivity contribution is 5.91. The highest BCUT2D eigenvalue weighted by Gasteiger charge is 2.27. The lowest BCUT2D eigenvalue weighted by atomic mass is 10.0. The molecule has 0 aromatic heterocycles. The van der Waals surface area contributed by atoms with Crippen LogP contribution in [0.25, 0.3) is 0 Å². The van der Waals surface area contributed by atoms with E-state index in [0.29, 0.717) is 0 Å². The number of carboxylic acid groups (broad SMARTS) is 1. The topological polar surface area (TPSA) is 95.5 Å². The molecule has 0 bridgehead atoms. The number of nitrogens with one attached hydrogen (secondary N) is 2. The van der Waals surface area contributed by atoms with Gasteiger partial charge in [-0.1, -0.05) is 91.0 Å². The first kappa shape index (κ1) is 22.7. The molecule has 0 aliphatic carbocycles. The molecule has 0 spiro atoms. The molecule has 164 valence electrons. The third-order valence-electron chi connectivity index (χ3n) is 5.04. The van der Waals surface area contributed by atoms with Crippen molar-refractivity contribution in [3.63, 3.8) is 0 Å². The lowest BCUT2D eigenvalue weighted by Gasteiger charge is -2.22. The Morgan fingerprint density at radius 2 is 1.06 bits per heavy atom. The molecule has 0 saturated carbocycles.